The second-order valence-corrected chi connectivity index (χ2v) is 27.8. The molecule has 0 bridgehead atoms. The number of carboxylic acid groups (broad SMARTS) is 12. The molecular weight excluding hydrogens is 1520 g/mol. The van der Waals surface area contributed by atoms with Crippen LogP contribution in [-0.2, 0) is 78.3 Å². The average molecular weight is 1610 g/mol. The van der Waals surface area contributed by atoms with Gasteiger partial charge in [0.05, 0.1) is 88.5 Å². The summed E-state index contributed by atoms with van der Waals surface area (Å²) in [6, 6.07) is 0.153. The molecule has 632 valence electrons. The highest BCUT2D eigenvalue weighted by molar-refractivity contribution is 7.78. The van der Waals surface area contributed by atoms with Crippen molar-refractivity contribution in [3.63, 3.8) is 0 Å². The zero-order chi connectivity index (χ0) is 83.7. The standard InChI is InChI=1S/C69H108N16O27S/c86-55(8-5-52(67(107)108)82-31-25-76(42-61(95)96)19-13-73(39-58(89)90)14-20-77(26-32-82)43-62(97)98)70-11-12-85(57(88)10-7-54(69(111)112)84-35-29-80(46-65(103)104)23-17-75(41-60(93)94)18-24-81(30-36-84)47-66(105)106)38-51(37-49-1-3-50(4-2-49)71-48-113)72-56(87)9-6-53(68(109)110)83-33-27-78(44-63(99)100)21-15-74(40-59(91)92)16-22-79(28-34-83)45-64(101)102/h1-4,51-54H,5-47H2,(H,70,86)(H,72,87)(H,89,90)(H,91,92)(H,93,94)(H,95,96)(H,97,98)(H,99,100)(H,101,102)(H,103,104)(H,105,106)(H,107,108)(H,109,110)(H,111,112)/p-12/t51-,52?,53-,54?/m0/s1. The molecule has 1 aromatic carbocycles. The van der Waals surface area contributed by atoms with Crippen molar-refractivity contribution in [1.82, 2.24) is 74.3 Å². The smallest absolute Gasteiger partial charge is 0.222 e. The first-order chi connectivity index (χ1) is 53.5. The van der Waals surface area contributed by atoms with Gasteiger partial charge >= 0.3 is 0 Å². The van der Waals surface area contributed by atoms with Crippen LogP contribution in [0.2, 0.25) is 0 Å². The summed E-state index contributed by atoms with van der Waals surface area (Å²) in [5.41, 5.74) is 0.831. The van der Waals surface area contributed by atoms with Crippen LogP contribution >= 0.6 is 12.2 Å². The summed E-state index contributed by atoms with van der Waals surface area (Å²) in [4.78, 5) is 211. The fraction of sp³-hybridized carbons (Fsp3) is 0.681. The van der Waals surface area contributed by atoms with Crippen molar-refractivity contribution >= 4 is 112 Å². The molecular formula is C69H96N16O27S-12. The van der Waals surface area contributed by atoms with E-state index in [1.807, 2.05) is 0 Å². The van der Waals surface area contributed by atoms with Crippen LogP contribution < -0.4 is 71.9 Å². The Labute approximate surface area is 657 Å². The Kier molecular flexibility index (Phi) is 43.6. The number of amides is 3. The predicted octanol–water partition coefficient (Wildman–Crippen LogP) is -21.5. The van der Waals surface area contributed by atoms with Gasteiger partial charge in [-0.2, -0.15) is 4.99 Å². The molecule has 1 aromatic rings. The number of rotatable bonds is 42. The van der Waals surface area contributed by atoms with Crippen LogP contribution in [0.5, 0.6) is 0 Å². The zero-order valence-electron chi connectivity index (χ0n) is 62.7. The minimum atomic E-state index is -1.74. The Bertz CT molecular complexity index is 3300. The number of isothiocyanates is 1. The normalized spacial score (nSPS) is 18.7. The van der Waals surface area contributed by atoms with Crippen LogP contribution in [0, 0.1) is 0 Å². The predicted molar refractivity (Wildman–Crippen MR) is 368 cm³/mol. The number of carboxylic acids is 12. The van der Waals surface area contributed by atoms with E-state index in [2.05, 4.69) is 20.8 Å². The Hall–Kier alpha value is -9.41. The molecule has 2 N–H and O–H groups in total. The molecule has 3 amide bonds. The van der Waals surface area contributed by atoms with Gasteiger partial charge in [0.15, 0.2) is 0 Å². The molecule has 0 saturated carbocycles. The van der Waals surface area contributed by atoms with E-state index in [0.717, 1.165) is 4.90 Å². The Morgan fingerprint density at radius 3 is 0.858 bits per heavy atom. The second-order valence-electron chi connectivity index (χ2n) is 27.6. The Balaban J connectivity index is 1.75. The number of carbonyl (C=O) groups excluding carboxylic acids is 15. The van der Waals surface area contributed by atoms with E-state index >= 15 is 4.79 Å². The number of hydrogen-bond acceptors (Lipinski definition) is 41. The number of thiocarbonyl (C=S) groups is 1. The topological polar surface area (TPSA) is 611 Å². The van der Waals surface area contributed by atoms with Crippen molar-refractivity contribution in [2.75, 3.05) is 236 Å². The quantitative estimate of drug-likeness (QED) is 0.0453. The number of benzene rings is 1. The number of carbonyl (C=O) groups is 15. The number of aliphatic carboxylic acids is 12. The average Bonchev–Trinajstić information content (AvgIpc) is 0.869. The van der Waals surface area contributed by atoms with Crippen LogP contribution in [-0.4, -0.2) is 418 Å². The Morgan fingerprint density at radius 2 is 0.611 bits per heavy atom. The van der Waals surface area contributed by atoms with Crippen LogP contribution in [0.1, 0.15) is 44.1 Å². The molecule has 113 heavy (non-hydrogen) atoms. The third kappa shape index (κ3) is 40.3. The lowest BCUT2D eigenvalue weighted by Gasteiger charge is -2.38. The maximum atomic E-state index is 15.1. The molecule has 3 aliphatic heterocycles. The van der Waals surface area contributed by atoms with Gasteiger partial charge in [0.2, 0.25) is 17.7 Å². The van der Waals surface area contributed by atoms with Gasteiger partial charge in [-0.25, -0.2) is 0 Å². The van der Waals surface area contributed by atoms with Crippen molar-refractivity contribution in [1.29, 1.82) is 0 Å². The van der Waals surface area contributed by atoms with E-state index in [1.54, 1.807) is 12.1 Å². The molecule has 3 fully saturated rings. The lowest BCUT2D eigenvalue weighted by molar-refractivity contribution is -0.313. The molecule has 0 spiro atoms. The summed E-state index contributed by atoms with van der Waals surface area (Å²) in [5.74, 6) is -21.2. The third-order valence-corrected chi connectivity index (χ3v) is 19.4. The summed E-state index contributed by atoms with van der Waals surface area (Å²) in [7, 11) is 0. The largest absolute Gasteiger partial charge is 0.549 e. The summed E-state index contributed by atoms with van der Waals surface area (Å²) in [6.07, 6.45) is -3.53. The fourth-order valence-electron chi connectivity index (χ4n) is 13.5. The molecule has 0 aromatic heterocycles. The van der Waals surface area contributed by atoms with E-state index < -0.39 is 231 Å². The molecule has 44 heteroatoms. The summed E-state index contributed by atoms with van der Waals surface area (Å²) in [5, 5.41) is 154. The van der Waals surface area contributed by atoms with Crippen LogP contribution in [0.3, 0.4) is 0 Å². The van der Waals surface area contributed by atoms with Crippen LogP contribution in [0.15, 0.2) is 29.3 Å². The van der Waals surface area contributed by atoms with Gasteiger partial charge in [0, 0.05) is 273 Å². The van der Waals surface area contributed by atoms with Crippen molar-refractivity contribution in [3.05, 3.63) is 29.8 Å². The van der Waals surface area contributed by atoms with Crippen LogP contribution in [0.25, 0.3) is 0 Å². The van der Waals surface area contributed by atoms with Crippen molar-refractivity contribution in [3.8, 4) is 0 Å². The third-order valence-electron chi connectivity index (χ3n) is 19.3. The highest BCUT2D eigenvalue weighted by atomic mass is 32.1. The monoisotopic (exact) mass is 1610 g/mol. The summed E-state index contributed by atoms with van der Waals surface area (Å²) < 4.78 is 0. The maximum Gasteiger partial charge on any atom is 0.222 e. The highest BCUT2D eigenvalue weighted by Crippen LogP contribution is 2.18. The Morgan fingerprint density at radius 1 is 0.363 bits per heavy atom. The second kappa shape index (κ2) is 51.4. The molecule has 4 rings (SSSR count). The molecule has 2 unspecified atom stereocenters. The van der Waals surface area contributed by atoms with E-state index in [9.17, 15) is 128 Å². The van der Waals surface area contributed by atoms with E-state index in [-0.39, 0.29) is 163 Å². The number of aliphatic imine (C=N–C) groups is 1. The van der Waals surface area contributed by atoms with Gasteiger partial charge in [-0.15, -0.1) is 0 Å². The lowest BCUT2D eigenvalue weighted by Crippen LogP contribution is -2.55. The minimum Gasteiger partial charge on any atom is -0.549 e. The molecule has 43 nitrogen and oxygen atoms in total. The van der Waals surface area contributed by atoms with Gasteiger partial charge in [-0.1, -0.05) is 12.1 Å². The van der Waals surface area contributed by atoms with Crippen molar-refractivity contribution in [2.24, 2.45) is 4.99 Å². The molecule has 4 atom stereocenters. The summed E-state index contributed by atoms with van der Waals surface area (Å²) in [6.45, 7) is -10.7. The van der Waals surface area contributed by atoms with Gasteiger partial charge in [0.25, 0.3) is 0 Å². The molecule has 3 saturated heterocycles. The number of nitrogens with one attached hydrogen (secondary N) is 2. The van der Waals surface area contributed by atoms with E-state index in [4.69, 9.17) is 12.2 Å². The lowest BCUT2D eigenvalue weighted by atomic mass is 10.0. The van der Waals surface area contributed by atoms with Gasteiger partial charge in [0.1, 0.15) is 0 Å². The number of nitrogens with zero attached hydrogens (tertiary/aromatic N) is 14. The molecule has 0 aliphatic carbocycles. The van der Waals surface area contributed by atoms with E-state index in [1.165, 1.54) is 70.9 Å². The molecule has 3 heterocycles. The maximum absolute atomic E-state index is 15.1. The van der Waals surface area contributed by atoms with Crippen molar-refractivity contribution < 1.29 is 133 Å². The molecule has 0 radical (unpaired) electrons. The van der Waals surface area contributed by atoms with Crippen molar-refractivity contribution in [2.45, 2.75) is 69.1 Å². The SMILES string of the molecule is O=C([O-])CN1CCN(CC(=O)[O-])CCN(C(CCC(=O)NCCN(C[C@H](Cc2ccc(N=C=S)cc2)NC(=O)CC[C@@H](C(=O)[O-])N2CCN(CC(=O)[O-])CCN(CC(=O)[O-])CCN(CC(=O)[O-])CC2)C(=O)CCC(C(=O)[O-])N2CCN(CC(=O)[O-])CCN(CC(=O)[O-])CCN(CC(=O)[O-])CC2)C(=O)[O-])CCN(CC(=O)[O-])CC1. The first-order valence-corrected chi connectivity index (χ1v) is 37.1. The molecule has 3 aliphatic rings. The van der Waals surface area contributed by atoms with E-state index in [0.29, 0.717) is 11.3 Å². The first kappa shape index (κ1) is 96.0. The zero-order valence-corrected chi connectivity index (χ0v) is 63.5. The minimum absolute atomic E-state index is 0.0469. The van der Waals surface area contributed by atoms with Gasteiger partial charge < -0.3 is 134 Å². The highest BCUT2D eigenvalue weighted by Gasteiger charge is 2.31. The van der Waals surface area contributed by atoms with Gasteiger partial charge in [-0.05, 0) is 55.6 Å². The fourth-order valence-corrected chi connectivity index (χ4v) is 13.6. The first-order valence-electron chi connectivity index (χ1n) is 36.7. The number of hydrogen-bond donors (Lipinski definition) is 2. The van der Waals surface area contributed by atoms with Gasteiger partial charge in [-0.3, -0.25) is 73.2 Å². The summed E-state index contributed by atoms with van der Waals surface area (Å²) >= 11 is 4.77. The van der Waals surface area contributed by atoms with Crippen LogP contribution in [0.4, 0.5) is 5.69 Å².